The van der Waals surface area contributed by atoms with E-state index >= 15 is 0 Å². The summed E-state index contributed by atoms with van der Waals surface area (Å²) in [6.45, 7) is 5.91. The van der Waals surface area contributed by atoms with Crippen LogP contribution >= 0.6 is 11.6 Å². The molecule has 3 aromatic heterocycles. The number of halogens is 2. The highest BCUT2D eigenvalue weighted by molar-refractivity contribution is 6.30. The van der Waals surface area contributed by atoms with Crippen molar-refractivity contribution in [2.45, 2.75) is 52.1 Å². The topological polar surface area (TPSA) is 108 Å². The number of carboxylic acid groups (broad SMARTS) is 1. The predicted octanol–water partition coefficient (Wildman–Crippen LogP) is 6.21. The molecule has 0 atom stereocenters. The molecule has 1 aliphatic heterocycles. The fraction of sp³-hybridized carbons (Fsp3) is 0.294. The Bertz CT molecular complexity index is 1860. The normalized spacial score (nSPS) is 14.3. The van der Waals surface area contributed by atoms with Crippen molar-refractivity contribution in [2.24, 2.45) is 0 Å². The summed E-state index contributed by atoms with van der Waals surface area (Å²) in [6, 6.07) is 15.6. The van der Waals surface area contributed by atoms with E-state index in [1.54, 1.807) is 12.1 Å². The molecule has 0 spiro atoms. The second-order valence-corrected chi connectivity index (χ2v) is 11.6. The van der Waals surface area contributed by atoms with Crippen LogP contribution in [0, 0.1) is 5.82 Å². The Hall–Kier alpha value is -4.74. The van der Waals surface area contributed by atoms with Gasteiger partial charge in [-0.15, -0.1) is 0 Å². The van der Waals surface area contributed by atoms with E-state index in [-0.39, 0.29) is 18.5 Å². The maximum Gasteiger partial charge on any atom is 0.328 e. The molecule has 0 amide bonds. The molecule has 0 unspecified atom stereocenters. The van der Waals surface area contributed by atoms with Gasteiger partial charge in [0.15, 0.2) is 11.6 Å². The van der Waals surface area contributed by atoms with E-state index in [0.717, 1.165) is 66.7 Å². The van der Waals surface area contributed by atoms with Crippen LogP contribution in [0.1, 0.15) is 42.5 Å². The summed E-state index contributed by atoms with van der Waals surface area (Å²) in [5.41, 5.74) is 4.30. The summed E-state index contributed by atoms with van der Waals surface area (Å²) < 4.78 is 30.2. The minimum absolute atomic E-state index is 0.00920. The molecule has 12 heteroatoms. The molecular weight excluding hydrogens is 611 g/mol. The Kier molecular flexibility index (Phi) is 9.60. The number of ether oxygens (including phenoxy) is 2. The van der Waals surface area contributed by atoms with E-state index in [9.17, 15) is 9.18 Å². The van der Waals surface area contributed by atoms with Crippen molar-refractivity contribution in [3.8, 4) is 11.6 Å². The lowest BCUT2D eigenvalue weighted by Crippen LogP contribution is -2.38. The van der Waals surface area contributed by atoms with Crippen LogP contribution in [0.4, 0.5) is 4.39 Å². The quantitative estimate of drug-likeness (QED) is 0.160. The van der Waals surface area contributed by atoms with Gasteiger partial charge in [0.25, 0.3) is 0 Å². The molecule has 0 aliphatic carbocycles. The van der Waals surface area contributed by atoms with E-state index in [1.807, 2.05) is 48.9 Å². The summed E-state index contributed by atoms with van der Waals surface area (Å²) in [6.07, 6.45) is 8.10. The van der Waals surface area contributed by atoms with Crippen molar-refractivity contribution in [3.63, 3.8) is 0 Å². The smallest absolute Gasteiger partial charge is 0.328 e. The molecule has 0 saturated carbocycles. The molecule has 0 radical (unpaired) electrons. The number of carboxylic acids is 1. The fourth-order valence-corrected chi connectivity index (χ4v) is 5.75. The first kappa shape index (κ1) is 31.3. The predicted molar refractivity (Wildman–Crippen MR) is 172 cm³/mol. The van der Waals surface area contributed by atoms with Crippen LogP contribution < -0.4 is 9.47 Å². The second-order valence-electron chi connectivity index (χ2n) is 11.1. The third kappa shape index (κ3) is 7.55. The zero-order valence-electron chi connectivity index (χ0n) is 25.4. The van der Waals surface area contributed by atoms with Crippen molar-refractivity contribution >= 4 is 34.7 Å². The zero-order valence-corrected chi connectivity index (χ0v) is 26.1. The van der Waals surface area contributed by atoms with Crippen molar-refractivity contribution in [2.75, 3.05) is 13.1 Å². The van der Waals surface area contributed by atoms with Gasteiger partial charge in [0.1, 0.15) is 18.5 Å². The van der Waals surface area contributed by atoms with Crippen LogP contribution in [0.2, 0.25) is 5.02 Å². The van der Waals surface area contributed by atoms with Crippen LogP contribution in [0.3, 0.4) is 0 Å². The Balaban J connectivity index is 1.11. The molecule has 46 heavy (non-hydrogen) atoms. The number of pyridine rings is 1. The second kappa shape index (κ2) is 14.1. The summed E-state index contributed by atoms with van der Waals surface area (Å²) >= 11 is 5.83. The van der Waals surface area contributed by atoms with Gasteiger partial charge in [-0.2, -0.15) is 0 Å². The first-order valence-electron chi connectivity index (χ1n) is 15.2. The number of aromatic nitrogens is 5. The number of carbonyl (C=O) groups is 1. The van der Waals surface area contributed by atoms with Gasteiger partial charge in [-0.25, -0.2) is 24.1 Å². The molecule has 0 bridgehead atoms. The van der Waals surface area contributed by atoms with Gasteiger partial charge in [-0.05, 0) is 67.8 Å². The Morgan fingerprint density at radius 1 is 1.11 bits per heavy atom. The van der Waals surface area contributed by atoms with Crippen LogP contribution in [0.5, 0.6) is 11.6 Å². The number of imidazole rings is 2. The van der Waals surface area contributed by atoms with Gasteiger partial charge in [-0.1, -0.05) is 23.7 Å². The van der Waals surface area contributed by atoms with Gasteiger partial charge in [0, 0.05) is 43.0 Å². The lowest BCUT2D eigenvalue weighted by molar-refractivity contribution is -0.131. The Labute approximate surface area is 270 Å². The lowest BCUT2D eigenvalue weighted by Gasteiger charge is -2.31. The number of nitrogens with zero attached hydrogens (tertiary/aromatic N) is 6. The number of hydrogen-bond acceptors (Lipinski definition) is 7. The molecule has 5 aromatic rings. The number of rotatable bonds is 12. The molecule has 2 aromatic carbocycles. The van der Waals surface area contributed by atoms with Gasteiger partial charge >= 0.3 is 5.97 Å². The highest BCUT2D eigenvalue weighted by atomic mass is 35.5. The number of aryl methyl sites for hydroxylation is 1. The molecule has 1 aliphatic rings. The largest absolute Gasteiger partial charge is 0.484 e. The van der Waals surface area contributed by atoms with E-state index in [4.69, 9.17) is 31.2 Å². The maximum absolute atomic E-state index is 14.1. The third-order valence-corrected chi connectivity index (χ3v) is 8.20. The number of benzene rings is 2. The highest BCUT2D eigenvalue weighted by Crippen LogP contribution is 2.25. The van der Waals surface area contributed by atoms with Gasteiger partial charge in [-0.3, -0.25) is 4.90 Å². The molecule has 238 valence electrons. The molecule has 10 nitrogen and oxygen atoms in total. The Morgan fingerprint density at radius 3 is 2.74 bits per heavy atom. The highest BCUT2D eigenvalue weighted by Gasteiger charge is 2.23. The molecular formula is C34H34ClFN6O4. The monoisotopic (exact) mass is 644 g/mol. The maximum atomic E-state index is 14.1. The average Bonchev–Trinajstić information content (AvgIpc) is 3.64. The summed E-state index contributed by atoms with van der Waals surface area (Å²) in [5, 5.41) is 9.41. The van der Waals surface area contributed by atoms with Crippen LogP contribution in [-0.4, -0.2) is 59.3 Å². The summed E-state index contributed by atoms with van der Waals surface area (Å²) in [4.78, 5) is 27.4. The molecule has 4 heterocycles. The number of fused-ring (bicyclic) bond motifs is 1. The van der Waals surface area contributed by atoms with E-state index < -0.39 is 11.8 Å². The zero-order chi connectivity index (χ0) is 32.0. The van der Waals surface area contributed by atoms with Crippen molar-refractivity contribution in [3.05, 3.63) is 107 Å². The number of likely N-dealkylation sites (tertiary alicyclic amines) is 1. The molecule has 6 rings (SSSR count). The molecule has 1 N–H and O–H groups in total. The minimum atomic E-state index is -0.989. The van der Waals surface area contributed by atoms with E-state index in [1.165, 1.54) is 12.1 Å². The fourth-order valence-electron chi connectivity index (χ4n) is 5.59. The first-order chi connectivity index (χ1) is 22.3. The number of hydrogen-bond donors (Lipinski definition) is 1. The standard InChI is InChI=1S/C34H34ClFN6O4/c1-2-41-22-37-18-26(41)19-42-30-16-23(7-11-34(43)44)6-9-29(30)39-32(42)20-40-14-12-27(13-15-40)46-33-5-3-4-25(38-33)21-45-31-10-8-24(35)17-28(31)36/h3-11,16-18,22,27H,2,12-15,19-21H2,1H3,(H,43,44)/b11-7+. The lowest BCUT2D eigenvalue weighted by atomic mass is 10.1. The summed E-state index contributed by atoms with van der Waals surface area (Å²) in [5.74, 6) is 0.0523. The first-order valence-corrected chi connectivity index (χ1v) is 15.5. The van der Waals surface area contributed by atoms with Crippen LogP contribution in [-0.2, 0) is 31.0 Å². The average molecular weight is 645 g/mol. The van der Waals surface area contributed by atoms with Crippen molar-refractivity contribution < 1.29 is 23.8 Å². The van der Waals surface area contributed by atoms with Gasteiger partial charge in [0.05, 0.1) is 41.8 Å². The van der Waals surface area contributed by atoms with Crippen molar-refractivity contribution in [1.82, 2.24) is 29.0 Å². The Morgan fingerprint density at radius 2 is 1.96 bits per heavy atom. The van der Waals surface area contributed by atoms with Crippen molar-refractivity contribution in [1.29, 1.82) is 0 Å². The van der Waals surface area contributed by atoms with Gasteiger partial charge < -0.3 is 23.7 Å². The molecule has 1 saturated heterocycles. The van der Waals surface area contributed by atoms with Crippen LogP contribution in [0.15, 0.2) is 73.2 Å². The third-order valence-electron chi connectivity index (χ3n) is 7.97. The summed E-state index contributed by atoms with van der Waals surface area (Å²) in [7, 11) is 0. The minimum Gasteiger partial charge on any atom is -0.484 e. The van der Waals surface area contributed by atoms with Gasteiger partial charge in [0.2, 0.25) is 5.88 Å². The SMILES string of the molecule is CCn1cncc1Cn1c(CN2CCC(Oc3cccc(COc4ccc(Cl)cc4F)n3)CC2)nc2ccc(/C=C/C(=O)O)cc21. The van der Waals surface area contributed by atoms with Crippen LogP contribution in [0.25, 0.3) is 17.1 Å². The number of piperidine rings is 1. The number of aliphatic carboxylic acids is 1. The van der Waals surface area contributed by atoms with E-state index in [0.29, 0.717) is 29.7 Å². The molecule has 1 fully saturated rings. The van der Waals surface area contributed by atoms with E-state index in [2.05, 4.69) is 30.9 Å².